The van der Waals surface area contributed by atoms with Crippen LogP contribution in [0, 0.1) is 6.92 Å². The summed E-state index contributed by atoms with van der Waals surface area (Å²) in [5.74, 6) is 1.87. The van der Waals surface area contributed by atoms with Crippen molar-refractivity contribution in [1.29, 1.82) is 0 Å². The zero-order chi connectivity index (χ0) is 13.9. The molecule has 0 bridgehead atoms. The molecule has 3 heteroatoms. The first kappa shape index (κ1) is 16.5. The number of benzene rings is 1. The van der Waals surface area contributed by atoms with Crippen molar-refractivity contribution in [1.82, 2.24) is 5.32 Å². The first-order chi connectivity index (χ1) is 9.27. The molecule has 0 heterocycles. The van der Waals surface area contributed by atoms with Crippen LogP contribution in [-0.2, 0) is 4.74 Å². The van der Waals surface area contributed by atoms with Crippen LogP contribution in [-0.4, -0.2) is 38.8 Å². The number of thioether (sulfide) groups is 1. The third-order valence-electron chi connectivity index (χ3n) is 3.29. The van der Waals surface area contributed by atoms with Gasteiger partial charge in [0.15, 0.2) is 0 Å². The Labute approximate surface area is 122 Å². The van der Waals surface area contributed by atoms with Crippen LogP contribution < -0.4 is 5.32 Å². The standard InChI is InChI=1S/C16H27NOS/c1-14-6-4-7-15(12-14)16(8-5-11-19-3)13-17-9-10-18-2/h4,6-7,12,16-17H,5,8-11,13H2,1-3H3. The molecule has 0 spiro atoms. The number of hydrogen-bond acceptors (Lipinski definition) is 3. The summed E-state index contributed by atoms with van der Waals surface area (Å²) in [5, 5.41) is 3.50. The number of hydrogen-bond donors (Lipinski definition) is 1. The fourth-order valence-corrected chi connectivity index (χ4v) is 2.69. The van der Waals surface area contributed by atoms with E-state index in [0.29, 0.717) is 5.92 Å². The van der Waals surface area contributed by atoms with Crippen LogP contribution in [0.1, 0.15) is 29.9 Å². The molecule has 0 aliphatic rings. The van der Waals surface area contributed by atoms with Crippen molar-refractivity contribution in [3.05, 3.63) is 35.4 Å². The molecule has 0 saturated carbocycles. The molecule has 19 heavy (non-hydrogen) atoms. The lowest BCUT2D eigenvalue weighted by atomic mass is 9.93. The Kier molecular flexibility index (Phi) is 8.97. The molecule has 0 radical (unpaired) electrons. The largest absolute Gasteiger partial charge is 0.383 e. The summed E-state index contributed by atoms with van der Waals surface area (Å²) in [6.45, 7) is 4.93. The van der Waals surface area contributed by atoms with E-state index in [1.54, 1.807) is 7.11 Å². The minimum absolute atomic E-state index is 0.615. The zero-order valence-electron chi connectivity index (χ0n) is 12.4. The van der Waals surface area contributed by atoms with Crippen LogP contribution in [0.3, 0.4) is 0 Å². The minimum Gasteiger partial charge on any atom is -0.383 e. The molecular formula is C16H27NOS. The van der Waals surface area contributed by atoms with Crippen molar-refractivity contribution in [3.8, 4) is 0 Å². The van der Waals surface area contributed by atoms with E-state index in [4.69, 9.17) is 4.74 Å². The Hall–Kier alpha value is -0.510. The summed E-state index contributed by atoms with van der Waals surface area (Å²) in [7, 11) is 1.75. The van der Waals surface area contributed by atoms with E-state index < -0.39 is 0 Å². The third kappa shape index (κ3) is 7.00. The SMILES string of the molecule is COCCNCC(CCCSC)c1cccc(C)c1. The van der Waals surface area contributed by atoms with E-state index in [2.05, 4.69) is 42.8 Å². The molecule has 1 atom stereocenters. The molecule has 1 aromatic carbocycles. The van der Waals surface area contributed by atoms with Gasteiger partial charge in [0, 0.05) is 20.2 Å². The van der Waals surface area contributed by atoms with Crippen molar-refractivity contribution < 1.29 is 4.74 Å². The molecule has 2 nitrogen and oxygen atoms in total. The van der Waals surface area contributed by atoms with Crippen molar-refractivity contribution in [2.45, 2.75) is 25.7 Å². The average Bonchev–Trinajstić information content (AvgIpc) is 2.41. The van der Waals surface area contributed by atoms with Gasteiger partial charge in [0.25, 0.3) is 0 Å². The quantitative estimate of drug-likeness (QED) is 0.664. The highest BCUT2D eigenvalue weighted by molar-refractivity contribution is 7.98. The zero-order valence-corrected chi connectivity index (χ0v) is 13.3. The van der Waals surface area contributed by atoms with Gasteiger partial charge in [-0.25, -0.2) is 0 Å². The predicted octanol–water partition coefficient (Wildman–Crippen LogP) is 3.46. The average molecular weight is 281 g/mol. The van der Waals surface area contributed by atoms with Gasteiger partial charge < -0.3 is 10.1 Å². The Balaban J connectivity index is 2.52. The van der Waals surface area contributed by atoms with Crippen molar-refractivity contribution in [2.75, 3.05) is 38.8 Å². The number of rotatable bonds is 10. The second kappa shape index (κ2) is 10.3. The normalized spacial score (nSPS) is 12.6. The molecule has 1 aromatic rings. The molecule has 0 saturated heterocycles. The van der Waals surface area contributed by atoms with E-state index in [1.807, 2.05) is 11.8 Å². The molecule has 1 unspecified atom stereocenters. The van der Waals surface area contributed by atoms with Gasteiger partial charge in [0.1, 0.15) is 0 Å². The fraction of sp³-hybridized carbons (Fsp3) is 0.625. The molecule has 0 fully saturated rings. The van der Waals surface area contributed by atoms with Gasteiger partial charge in [-0.2, -0.15) is 11.8 Å². The molecule has 0 aliphatic heterocycles. The van der Waals surface area contributed by atoms with Crippen LogP contribution in [0.2, 0.25) is 0 Å². The maximum absolute atomic E-state index is 5.08. The van der Waals surface area contributed by atoms with Gasteiger partial charge in [-0.15, -0.1) is 0 Å². The van der Waals surface area contributed by atoms with Crippen molar-refractivity contribution >= 4 is 11.8 Å². The maximum atomic E-state index is 5.08. The topological polar surface area (TPSA) is 21.3 Å². The van der Waals surface area contributed by atoms with E-state index in [1.165, 1.54) is 29.7 Å². The van der Waals surface area contributed by atoms with Crippen LogP contribution in [0.25, 0.3) is 0 Å². The smallest absolute Gasteiger partial charge is 0.0587 e. The number of aryl methyl sites for hydroxylation is 1. The van der Waals surface area contributed by atoms with Gasteiger partial charge in [-0.1, -0.05) is 29.8 Å². The van der Waals surface area contributed by atoms with E-state index in [-0.39, 0.29) is 0 Å². The summed E-state index contributed by atoms with van der Waals surface area (Å²) >= 11 is 1.93. The second-order valence-electron chi connectivity index (χ2n) is 4.94. The van der Waals surface area contributed by atoms with Crippen LogP contribution >= 0.6 is 11.8 Å². The van der Waals surface area contributed by atoms with E-state index >= 15 is 0 Å². The lowest BCUT2D eigenvalue weighted by Crippen LogP contribution is -2.25. The van der Waals surface area contributed by atoms with Gasteiger partial charge in [-0.05, 0) is 43.3 Å². The molecule has 1 N–H and O–H groups in total. The molecule has 0 aromatic heterocycles. The van der Waals surface area contributed by atoms with Gasteiger partial charge in [-0.3, -0.25) is 0 Å². The maximum Gasteiger partial charge on any atom is 0.0587 e. The Bertz CT molecular complexity index is 343. The second-order valence-corrected chi connectivity index (χ2v) is 5.93. The molecule has 108 valence electrons. The van der Waals surface area contributed by atoms with Gasteiger partial charge in [0.2, 0.25) is 0 Å². The molecule has 1 rings (SSSR count). The van der Waals surface area contributed by atoms with E-state index in [9.17, 15) is 0 Å². The van der Waals surface area contributed by atoms with Crippen LogP contribution in [0.4, 0.5) is 0 Å². The number of ether oxygens (including phenoxy) is 1. The van der Waals surface area contributed by atoms with Crippen LogP contribution in [0.5, 0.6) is 0 Å². The van der Waals surface area contributed by atoms with Gasteiger partial charge >= 0.3 is 0 Å². The lowest BCUT2D eigenvalue weighted by molar-refractivity contribution is 0.198. The monoisotopic (exact) mass is 281 g/mol. The molecule has 0 aliphatic carbocycles. The summed E-state index contributed by atoms with van der Waals surface area (Å²) in [4.78, 5) is 0. The summed E-state index contributed by atoms with van der Waals surface area (Å²) in [6, 6.07) is 8.92. The van der Waals surface area contributed by atoms with Crippen molar-refractivity contribution in [3.63, 3.8) is 0 Å². The highest BCUT2D eigenvalue weighted by atomic mass is 32.2. The highest BCUT2D eigenvalue weighted by Crippen LogP contribution is 2.22. The number of nitrogens with one attached hydrogen (secondary N) is 1. The summed E-state index contributed by atoms with van der Waals surface area (Å²) in [5.41, 5.74) is 2.82. The fourth-order valence-electron chi connectivity index (χ4n) is 2.24. The Morgan fingerprint density at radius 1 is 1.37 bits per heavy atom. The molecule has 0 amide bonds. The lowest BCUT2D eigenvalue weighted by Gasteiger charge is -2.18. The van der Waals surface area contributed by atoms with Crippen molar-refractivity contribution in [2.24, 2.45) is 0 Å². The first-order valence-corrected chi connectivity index (χ1v) is 8.42. The summed E-state index contributed by atoms with van der Waals surface area (Å²) in [6.07, 6.45) is 4.72. The Morgan fingerprint density at radius 2 is 2.21 bits per heavy atom. The first-order valence-electron chi connectivity index (χ1n) is 7.03. The molecular weight excluding hydrogens is 254 g/mol. The minimum atomic E-state index is 0.615. The van der Waals surface area contributed by atoms with Gasteiger partial charge in [0.05, 0.1) is 6.61 Å². The Morgan fingerprint density at radius 3 is 2.89 bits per heavy atom. The third-order valence-corrected chi connectivity index (χ3v) is 3.99. The summed E-state index contributed by atoms with van der Waals surface area (Å²) < 4.78 is 5.08. The predicted molar refractivity (Wildman–Crippen MR) is 86.3 cm³/mol. The number of methoxy groups -OCH3 is 1. The van der Waals surface area contributed by atoms with E-state index in [0.717, 1.165) is 19.7 Å². The highest BCUT2D eigenvalue weighted by Gasteiger charge is 2.11. The van der Waals surface area contributed by atoms with Crippen LogP contribution in [0.15, 0.2) is 24.3 Å².